The average Bonchev–Trinajstić information content (AvgIpc) is 2.88. The van der Waals surface area contributed by atoms with E-state index in [0.29, 0.717) is 6.54 Å². The molecule has 1 saturated heterocycles. The summed E-state index contributed by atoms with van der Waals surface area (Å²) in [6, 6.07) is -0.269. The van der Waals surface area contributed by atoms with Gasteiger partial charge in [-0.05, 0) is 18.8 Å². The molecular formula is C13H23N3O2. The van der Waals surface area contributed by atoms with Crippen molar-refractivity contribution in [1.82, 2.24) is 16.0 Å². The van der Waals surface area contributed by atoms with Crippen molar-refractivity contribution in [2.45, 2.75) is 44.6 Å². The van der Waals surface area contributed by atoms with E-state index in [1.54, 1.807) is 0 Å². The van der Waals surface area contributed by atoms with Crippen LogP contribution in [0.3, 0.4) is 0 Å². The zero-order valence-corrected chi connectivity index (χ0v) is 10.8. The van der Waals surface area contributed by atoms with Crippen molar-refractivity contribution in [2.75, 3.05) is 19.6 Å². The Kier molecular flexibility index (Phi) is 4.99. The van der Waals surface area contributed by atoms with E-state index in [2.05, 4.69) is 16.0 Å². The van der Waals surface area contributed by atoms with Crippen LogP contribution in [0.15, 0.2) is 0 Å². The van der Waals surface area contributed by atoms with Crippen LogP contribution in [-0.4, -0.2) is 37.5 Å². The van der Waals surface area contributed by atoms with Crippen molar-refractivity contribution in [1.29, 1.82) is 0 Å². The van der Waals surface area contributed by atoms with Gasteiger partial charge in [0.15, 0.2) is 0 Å². The van der Waals surface area contributed by atoms with E-state index < -0.39 is 0 Å². The Hall–Kier alpha value is -1.10. The minimum Gasteiger partial charge on any atom is -0.355 e. The molecule has 0 bridgehead atoms. The van der Waals surface area contributed by atoms with Gasteiger partial charge in [0.25, 0.3) is 0 Å². The highest BCUT2D eigenvalue weighted by atomic mass is 16.2. The third kappa shape index (κ3) is 3.98. The lowest BCUT2D eigenvalue weighted by molar-refractivity contribution is -0.126. The van der Waals surface area contributed by atoms with Gasteiger partial charge in [0.05, 0.1) is 6.54 Å². The summed E-state index contributed by atoms with van der Waals surface area (Å²) in [6.45, 7) is 1.38. The molecule has 1 aliphatic carbocycles. The van der Waals surface area contributed by atoms with Crippen LogP contribution in [-0.2, 0) is 9.59 Å². The molecule has 3 N–H and O–H groups in total. The Bertz CT molecular complexity index is 291. The van der Waals surface area contributed by atoms with Gasteiger partial charge in [-0.25, -0.2) is 0 Å². The fourth-order valence-corrected chi connectivity index (χ4v) is 2.78. The number of rotatable bonds is 5. The quantitative estimate of drug-likeness (QED) is 0.611. The summed E-state index contributed by atoms with van der Waals surface area (Å²) in [5, 5.41) is 8.55. The Morgan fingerprint density at radius 3 is 2.78 bits per heavy atom. The Balaban J connectivity index is 1.55. The third-order valence-electron chi connectivity index (χ3n) is 3.89. The van der Waals surface area contributed by atoms with E-state index in [-0.39, 0.29) is 24.4 Å². The number of carbonyl (C=O) groups excluding carboxylic acids is 2. The monoisotopic (exact) mass is 253 g/mol. The second kappa shape index (κ2) is 6.73. The number of piperazine rings is 1. The smallest absolute Gasteiger partial charge is 0.238 e. The minimum absolute atomic E-state index is 0.00132. The summed E-state index contributed by atoms with van der Waals surface area (Å²) in [5.41, 5.74) is 0. The van der Waals surface area contributed by atoms with E-state index in [4.69, 9.17) is 0 Å². The molecule has 0 radical (unpaired) electrons. The number of hydrogen-bond acceptors (Lipinski definition) is 3. The van der Waals surface area contributed by atoms with Gasteiger partial charge in [-0.1, -0.05) is 25.7 Å². The fourth-order valence-electron chi connectivity index (χ4n) is 2.78. The van der Waals surface area contributed by atoms with E-state index in [1.807, 2.05) is 0 Å². The molecule has 18 heavy (non-hydrogen) atoms. The lowest BCUT2D eigenvalue weighted by Gasteiger charge is -2.23. The van der Waals surface area contributed by atoms with Crippen molar-refractivity contribution in [3.63, 3.8) is 0 Å². The first-order valence-electron chi connectivity index (χ1n) is 7.03. The van der Waals surface area contributed by atoms with Gasteiger partial charge in [-0.2, -0.15) is 0 Å². The van der Waals surface area contributed by atoms with Crippen LogP contribution in [0.2, 0.25) is 0 Å². The normalized spacial score (nSPS) is 24.9. The predicted molar refractivity (Wildman–Crippen MR) is 69.0 cm³/mol. The highest BCUT2D eigenvalue weighted by Crippen LogP contribution is 2.28. The molecule has 2 aliphatic rings. The van der Waals surface area contributed by atoms with Gasteiger partial charge in [-0.15, -0.1) is 0 Å². The van der Waals surface area contributed by atoms with E-state index in [0.717, 1.165) is 18.9 Å². The maximum absolute atomic E-state index is 11.8. The lowest BCUT2D eigenvalue weighted by atomic mass is 10.0. The van der Waals surface area contributed by atoms with Crippen molar-refractivity contribution in [3.8, 4) is 0 Å². The summed E-state index contributed by atoms with van der Waals surface area (Å²) in [7, 11) is 0. The van der Waals surface area contributed by atoms with Gasteiger partial charge in [-0.3, -0.25) is 14.9 Å². The summed E-state index contributed by atoms with van der Waals surface area (Å²) in [4.78, 5) is 22.7. The highest BCUT2D eigenvalue weighted by molar-refractivity contribution is 5.86. The van der Waals surface area contributed by atoms with Crippen LogP contribution in [0.5, 0.6) is 0 Å². The molecule has 2 fully saturated rings. The van der Waals surface area contributed by atoms with Crippen molar-refractivity contribution in [3.05, 3.63) is 0 Å². The second-order valence-electron chi connectivity index (χ2n) is 5.32. The molecule has 1 unspecified atom stereocenters. The van der Waals surface area contributed by atoms with Gasteiger partial charge in [0.1, 0.15) is 6.04 Å². The molecule has 1 atom stereocenters. The molecule has 1 heterocycles. The number of hydrogen-bond donors (Lipinski definition) is 3. The summed E-state index contributed by atoms with van der Waals surface area (Å²) in [5.74, 6) is 0.843. The number of nitrogens with one attached hydrogen (secondary N) is 3. The molecule has 0 aromatic carbocycles. The largest absolute Gasteiger partial charge is 0.355 e. The van der Waals surface area contributed by atoms with E-state index in [1.165, 1.54) is 32.1 Å². The van der Waals surface area contributed by atoms with Gasteiger partial charge in [0.2, 0.25) is 11.8 Å². The molecule has 2 rings (SSSR count). The first-order chi connectivity index (χ1) is 8.75. The van der Waals surface area contributed by atoms with Crippen LogP contribution in [0.25, 0.3) is 0 Å². The molecule has 0 spiro atoms. The molecule has 0 aromatic heterocycles. The molecule has 102 valence electrons. The van der Waals surface area contributed by atoms with Gasteiger partial charge in [0, 0.05) is 13.1 Å². The van der Waals surface area contributed by atoms with Crippen LogP contribution < -0.4 is 16.0 Å². The van der Waals surface area contributed by atoms with Gasteiger partial charge >= 0.3 is 0 Å². The van der Waals surface area contributed by atoms with Crippen molar-refractivity contribution in [2.24, 2.45) is 5.92 Å². The number of amides is 2. The molecule has 5 nitrogen and oxygen atoms in total. The van der Waals surface area contributed by atoms with Crippen LogP contribution in [0.4, 0.5) is 0 Å². The highest BCUT2D eigenvalue weighted by Gasteiger charge is 2.23. The Labute approximate surface area is 108 Å². The summed E-state index contributed by atoms with van der Waals surface area (Å²) >= 11 is 0. The molecule has 5 heteroatoms. The zero-order valence-electron chi connectivity index (χ0n) is 10.8. The third-order valence-corrected chi connectivity index (χ3v) is 3.89. The van der Waals surface area contributed by atoms with Crippen LogP contribution in [0, 0.1) is 5.92 Å². The molecular weight excluding hydrogens is 230 g/mol. The first-order valence-corrected chi connectivity index (χ1v) is 7.03. The number of carbonyl (C=O) groups is 2. The predicted octanol–water partition coefficient (Wildman–Crippen LogP) is 0.161. The van der Waals surface area contributed by atoms with Crippen LogP contribution >= 0.6 is 0 Å². The summed E-state index contributed by atoms with van der Waals surface area (Å²) in [6.07, 6.45) is 7.78. The minimum atomic E-state index is -0.269. The lowest BCUT2D eigenvalue weighted by Crippen LogP contribution is -2.58. The summed E-state index contributed by atoms with van der Waals surface area (Å²) < 4.78 is 0. The van der Waals surface area contributed by atoms with Gasteiger partial charge < -0.3 is 10.6 Å². The van der Waals surface area contributed by atoms with Crippen molar-refractivity contribution >= 4 is 11.8 Å². The standard InChI is InChI=1S/C13H23N3O2/c17-12-9-15-11(8-16-12)13(18)14-7-3-6-10-4-1-2-5-10/h10-11,15H,1-9H2,(H,14,18)(H,16,17). The van der Waals surface area contributed by atoms with E-state index in [9.17, 15) is 9.59 Å². The van der Waals surface area contributed by atoms with Crippen molar-refractivity contribution < 1.29 is 9.59 Å². The molecule has 1 saturated carbocycles. The molecule has 0 aromatic rings. The maximum Gasteiger partial charge on any atom is 0.238 e. The van der Waals surface area contributed by atoms with Crippen LogP contribution in [0.1, 0.15) is 38.5 Å². The zero-order chi connectivity index (χ0) is 12.8. The average molecular weight is 253 g/mol. The second-order valence-corrected chi connectivity index (χ2v) is 5.32. The Morgan fingerprint density at radius 2 is 2.11 bits per heavy atom. The fraction of sp³-hybridized carbons (Fsp3) is 0.846. The topological polar surface area (TPSA) is 70.2 Å². The van der Waals surface area contributed by atoms with E-state index >= 15 is 0 Å². The molecule has 2 amide bonds. The first kappa shape index (κ1) is 13.3. The molecule has 1 aliphatic heterocycles. The maximum atomic E-state index is 11.8. The Morgan fingerprint density at radius 1 is 1.33 bits per heavy atom. The SMILES string of the molecule is O=C1CNC(C(=O)NCCCC2CCCC2)CN1.